The van der Waals surface area contributed by atoms with Gasteiger partial charge in [0.25, 0.3) is 0 Å². The molecule has 122 valence electrons. The zero-order chi connectivity index (χ0) is 16.8. The zero-order valence-corrected chi connectivity index (χ0v) is 14.4. The maximum Gasteiger partial charge on any atom is 0.224 e. The van der Waals surface area contributed by atoms with E-state index < -0.39 is 0 Å². The van der Waals surface area contributed by atoms with Gasteiger partial charge in [-0.2, -0.15) is 0 Å². The van der Waals surface area contributed by atoms with Gasteiger partial charge in [-0.15, -0.1) is 0 Å². The van der Waals surface area contributed by atoms with Crippen molar-refractivity contribution in [1.82, 2.24) is 5.32 Å². The minimum atomic E-state index is 0.0300. The van der Waals surface area contributed by atoms with Crippen LogP contribution >= 0.6 is 0 Å². The van der Waals surface area contributed by atoms with Crippen LogP contribution in [-0.4, -0.2) is 19.1 Å². The van der Waals surface area contributed by atoms with Gasteiger partial charge in [0.15, 0.2) is 0 Å². The molecule has 0 unspecified atom stereocenters. The first-order valence-electron chi connectivity index (χ1n) is 7.98. The number of amides is 1. The molecule has 0 saturated heterocycles. The molecule has 0 heterocycles. The first-order valence-corrected chi connectivity index (χ1v) is 7.98. The van der Waals surface area contributed by atoms with Crippen LogP contribution < -0.4 is 10.1 Å². The predicted octanol–water partition coefficient (Wildman–Crippen LogP) is 3.66. The lowest BCUT2D eigenvalue weighted by Crippen LogP contribution is -2.29. The lowest BCUT2D eigenvalue weighted by molar-refractivity contribution is -0.120. The molecule has 2 aromatic carbocycles. The van der Waals surface area contributed by atoms with Gasteiger partial charge in [0.1, 0.15) is 12.4 Å². The van der Waals surface area contributed by atoms with E-state index in [2.05, 4.69) is 37.4 Å². The molecule has 2 aromatic rings. The van der Waals surface area contributed by atoms with Crippen LogP contribution in [0.4, 0.5) is 0 Å². The summed E-state index contributed by atoms with van der Waals surface area (Å²) in [4.78, 5) is 12.0. The molecule has 0 bridgehead atoms. The van der Waals surface area contributed by atoms with E-state index in [0.29, 0.717) is 19.6 Å². The first-order chi connectivity index (χ1) is 11.0. The van der Waals surface area contributed by atoms with E-state index in [1.807, 2.05) is 32.0 Å². The molecule has 2 rings (SSSR count). The molecule has 23 heavy (non-hydrogen) atoms. The Bertz CT molecular complexity index is 692. The summed E-state index contributed by atoms with van der Waals surface area (Å²) >= 11 is 0. The number of benzene rings is 2. The van der Waals surface area contributed by atoms with Crippen LogP contribution in [0.3, 0.4) is 0 Å². The van der Waals surface area contributed by atoms with E-state index in [4.69, 9.17) is 4.74 Å². The number of hydrogen-bond acceptors (Lipinski definition) is 2. The third kappa shape index (κ3) is 5.13. The van der Waals surface area contributed by atoms with Gasteiger partial charge in [0.2, 0.25) is 5.91 Å². The molecule has 0 radical (unpaired) electrons. The summed E-state index contributed by atoms with van der Waals surface area (Å²) in [5.41, 5.74) is 5.87. The molecule has 0 atom stereocenters. The summed E-state index contributed by atoms with van der Waals surface area (Å²) in [6.45, 7) is 9.20. The SMILES string of the molecule is Cc1ccc(C)c(CC(=O)NCCOc2ccc(C)c(C)c2)c1. The molecule has 0 aliphatic carbocycles. The van der Waals surface area contributed by atoms with E-state index in [9.17, 15) is 4.79 Å². The van der Waals surface area contributed by atoms with Gasteiger partial charge in [-0.3, -0.25) is 4.79 Å². The number of nitrogens with one attached hydrogen (secondary N) is 1. The fourth-order valence-electron chi connectivity index (χ4n) is 2.39. The molecule has 0 aliphatic heterocycles. The highest BCUT2D eigenvalue weighted by Gasteiger charge is 2.06. The van der Waals surface area contributed by atoms with Gasteiger partial charge in [-0.1, -0.05) is 29.8 Å². The molecule has 0 aromatic heterocycles. The summed E-state index contributed by atoms with van der Waals surface area (Å²) in [6.07, 6.45) is 0.414. The fourth-order valence-corrected chi connectivity index (χ4v) is 2.39. The van der Waals surface area contributed by atoms with Crippen molar-refractivity contribution in [3.8, 4) is 5.75 Å². The largest absolute Gasteiger partial charge is 0.492 e. The van der Waals surface area contributed by atoms with Crippen LogP contribution in [0.2, 0.25) is 0 Å². The van der Waals surface area contributed by atoms with Crippen molar-refractivity contribution in [3.05, 3.63) is 64.2 Å². The minimum absolute atomic E-state index is 0.0300. The van der Waals surface area contributed by atoms with Gasteiger partial charge in [0, 0.05) is 0 Å². The number of carbonyl (C=O) groups excluding carboxylic acids is 1. The lowest BCUT2D eigenvalue weighted by Gasteiger charge is -2.10. The number of aryl methyl sites for hydroxylation is 4. The lowest BCUT2D eigenvalue weighted by atomic mass is 10.0. The molecule has 3 heteroatoms. The molecule has 0 saturated carbocycles. The average molecular weight is 311 g/mol. The van der Waals surface area contributed by atoms with E-state index in [-0.39, 0.29) is 5.91 Å². The number of ether oxygens (including phenoxy) is 1. The second kappa shape index (κ2) is 7.82. The monoisotopic (exact) mass is 311 g/mol. The second-order valence-electron chi connectivity index (χ2n) is 6.05. The van der Waals surface area contributed by atoms with Crippen molar-refractivity contribution in [2.24, 2.45) is 0 Å². The van der Waals surface area contributed by atoms with Crippen molar-refractivity contribution in [2.45, 2.75) is 34.1 Å². The van der Waals surface area contributed by atoms with Crippen molar-refractivity contribution in [1.29, 1.82) is 0 Å². The highest BCUT2D eigenvalue weighted by Crippen LogP contribution is 2.16. The Kier molecular flexibility index (Phi) is 5.80. The maximum absolute atomic E-state index is 12.0. The van der Waals surface area contributed by atoms with E-state index in [1.165, 1.54) is 16.7 Å². The van der Waals surface area contributed by atoms with Gasteiger partial charge in [0.05, 0.1) is 13.0 Å². The van der Waals surface area contributed by atoms with E-state index in [1.54, 1.807) is 0 Å². The summed E-state index contributed by atoms with van der Waals surface area (Å²) in [6, 6.07) is 12.2. The predicted molar refractivity (Wildman–Crippen MR) is 94.0 cm³/mol. The minimum Gasteiger partial charge on any atom is -0.492 e. The number of hydrogen-bond donors (Lipinski definition) is 1. The molecule has 0 aliphatic rings. The van der Waals surface area contributed by atoms with Crippen LogP contribution in [0.15, 0.2) is 36.4 Å². The van der Waals surface area contributed by atoms with Crippen molar-refractivity contribution >= 4 is 5.91 Å². The van der Waals surface area contributed by atoms with E-state index in [0.717, 1.165) is 16.9 Å². The topological polar surface area (TPSA) is 38.3 Å². The Labute approximate surface area is 138 Å². The molecule has 1 amide bonds. The molecule has 0 spiro atoms. The Morgan fingerprint density at radius 3 is 2.43 bits per heavy atom. The molecular formula is C20H25NO2. The molecular weight excluding hydrogens is 286 g/mol. The van der Waals surface area contributed by atoms with Gasteiger partial charge in [-0.05, 0) is 62.1 Å². The molecule has 3 nitrogen and oxygen atoms in total. The van der Waals surface area contributed by atoms with Gasteiger partial charge < -0.3 is 10.1 Å². The average Bonchev–Trinajstić information content (AvgIpc) is 2.51. The Morgan fingerprint density at radius 1 is 0.957 bits per heavy atom. The second-order valence-corrected chi connectivity index (χ2v) is 6.05. The highest BCUT2D eigenvalue weighted by atomic mass is 16.5. The smallest absolute Gasteiger partial charge is 0.224 e. The Morgan fingerprint density at radius 2 is 1.70 bits per heavy atom. The Hall–Kier alpha value is -2.29. The van der Waals surface area contributed by atoms with Crippen molar-refractivity contribution in [2.75, 3.05) is 13.2 Å². The molecule has 0 fully saturated rings. The summed E-state index contributed by atoms with van der Waals surface area (Å²) in [5, 5.41) is 2.91. The number of carbonyl (C=O) groups is 1. The van der Waals surface area contributed by atoms with Crippen LogP contribution in [0.25, 0.3) is 0 Å². The fraction of sp³-hybridized carbons (Fsp3) is 0.350. The van der Waals surface area contributed by atoms with Crippen LogP contribution in [-0.2, 0) is 11.2 Å². The van der Waals surface area contributed by atoms with E-state index >= 15 is 0 Å². The zero-order valence-electron chi connectivity index (χ0n) is 14.4. The quantitative estimate of drug-likeness (QED) is 0.827. The normalized spacial score (nSPS) is 10.4. The molecule has 1 N–H and O–H groups in total. The summed E-state index contributed by atoms with van der Waals surface area (Å²) < 4.78 is 5.67. The van der Waals surface area contributed by atoms with Gasteiger partial charge >= 0.3 is 0 Å². The first kappa shape index (κ1) is 17.1. The third-order valence-electron chi connectivity index (χ3n) is 4.03. The van der Waals surface area contributed by atoms with Crippen LogP contribution in [0, 0.1) is 27.7 Å². The van der Waals surface area contributed by atoms with Crippen molar-refractivity contribution < 1.29 is 9.53 Å². The number of rotatable bonds is 6. The van der Waals surface area contributed by atoms with Crippen LogP contribution in [0.1, 0.15) is 27.8 Å². The third-order valence-corrected chi connectivity index (χ3v) is 4.03. The van der Waals surface area contributed by atoms with Gasteiger partial charge in [-0.25, -0.2) is 0 Å². The highest BCUT2D eigenvalue weighted by molar-refractivity contribution is 5.78. The van der Waals surface area contributed by atoms with Crippen LogP contribution in [0.5, 0.6) is 5.75 Å². The maximum atomic E-state index is 12.0. The van der Waals surface area contributed by atoms with Crippen molar-refractivity contribution in [3.63, 3.8) is 0 Å². The Balaban J connectivity index is 1.76. The summed E-state index contributed by atoms with van der Waals surface area (Å²) in [5.74, 6) is 0.874. The summed E-state index contributed by atoms with van der Waals surface area (Å²) in [7, 11) is 0. The standard InChI is InChI=1S/C20H25NO2/c1-14-5-6-16(3)18(11-14)13-20(22)21-9-10-23-19-8-7-15(2)17(4)12-19/h5-8,11-12H,9-10,13H2,1-4H3,(H,21,22).